The molecule has 0 amide bonds. The van der Waals surface area contributed by atoms with E-state index in [9.17, 15) is 4.79 Å². The lowest BCUT2D eigenvalue weighted by Crippen LogP contribution is -2.06. The second kappa shape index (κ2) is 10.4. The fourth-order valence-electron chi connectivity index (χ4n) is 3.41. The van der Waals surface area contributed by atoms with Gasteiger partial charge in [0.25, 0.3) is 0 Å². The van der Waals surface area contributed by atoms with Crippen LogP contribution in [0, 0.1) is 0 Å². The van der Waals surface area contributed by atoms with E-state index in [-0.39, 0.29) is 11.0 Å². The number of carbonyl (C=O) groups excluding carboxylic acids is 1. The van der Waals surface area contributed by atoms with Crippen molar-refractivity contribution in [3.8, 4) is 17.1 Å². The quantitative estimate of drug-likeness (QED) is 0.242. The van der Waals surface area contributed by atoms with E-state index in [4.69, 9.17) is 13.9 Å². The second-order valence-electron chi connectivity index (χ2n) is 7.38. The van der Waals surface area contributed by atoms with Gasteiger partial charge in [0.05, 0.1) is 19.5 Å². The molecule has 0 aliphatic heterocycles. The van der Waals surface area contributed by atoms with E-state index >= 15 is 0 Å². The number of nitrogens with zero attached hydrogens (tertiary/aromatic N) is 3. The van der Waals surface area contributed by atoms with Gasteiger partial charge in [0.1, 0.15) is 11.5 Å². The van der Waals surface area contributed by atoms with Gasteiger partial charge in [0.15, 0.2) is 11.0 Å². The van der Waals surface area contributed by atoms with Gasteiger partial charge in [-0.15, -0.1) is 10.2 Å². The zero-order chi connectivity index (χ0) is 23.2. The lowest BCUT2D eigenvalue weighted by atomic mass is 10.1. The van der Waals surface area contributed by atoms with Crippen LogP contribution in [-0.2, 0) is 17.7 Å². The van der Waals surface area contributed by atoms with Crippen LogP contribution in [0.2, 0.25) is 0 Å². The summed E-state index contributed by atoms with van der Waals surface area (Å²) in [7, 11) is 2.98. The Morgan fingerprint density at radius 1 is 1.03 bits per heavy atom. The first-order valence-electron chi connectivity index (χ1n) is 10.5. The van der Waals surface area contributed by atoms with Crippen LogP contribution < -0.4 is 4.74 Å². The van der Waals surface area contributed by atoms with Crippen molar-refractivity contribution in [3.63, 3.8) is 0 Å². The van der Waals surface area contributed by atoms with Crippen LogP contribution in [0.15, 0.2) is 76.3 Å². The van der Waals surface area contributed by atoms with Gasteiger partial charge in [-0.2, -0.15) is 0 Å². The Kier molecular flexibility index (Phi) is 7.14. The smallest absolute Gasteiger partial charge is 0.373 e. The van der Waals surface area contributed by atoms with Crippen LogP contribution in [0.25, 0.3) is 11.4 Å². The van der Waals surface area contributed by atoms with E-state index in [0.29, 0.717) is 5.76 Å². The fourth-order valence-corrected chi connectivity index (χ4v) is 4.37. The summed E-state index contributed by atoms with van der Waals surface area (Å²) < 4.78 is 17.8. The molecule has 0 radical (unpaired) electrons. The third-order valence-corrected chi connectivity index (χ3v) is 6.33. The Morgan fingerprint density at radius 2 is 1.79 bits per heavy atom. The van der Waals surface area contributed by atoms with E-state index in [1.54, 1.807) is 19.2 Å². The molecule has 0 spiro atoms. The van der Waals surface area contributed by atoms with Crippen molar-refractivity contribution in [3.05, 3.63) is 83.8 Å². The molecule has 4 aromatic rings. The molecule has 2 aromatic carbocycles. The first-order chi connectivity index (χ1) is 16.1. The second-order valence-corrected chi connectivity index (χ2v) is 8.68. The maximum atomic E-state index is 11.7. The monoisotopic (exact) mass is 463 g/mol. The number of aryl methyl sites for hydroxylation is 1. The topological polar surface area (TPSA) is 79.4 Å². The first kappa shape index (κ1) is 22.7. The molecule has 1 unspecified atom stereocenters. The van der Waals surface area contributed by atoms with Crippen LogP contribution >= 0.6 is 11.8 Å². The lowest BCUT2D eigenvalue weighted by Gasteiger charge is -2.13. The van der Waals surface area contributed by atoms with Gasteiger partial charge in [-0.3, -0.25) is 0 Å². The Hall–Kier alpha value is -3.52. The largest absolute Gasteiger partial charge is 0.497 e. The first-order valence-corrected chi connectivity index (χ1v) is 11.4. The lowest BCUT2D eigenvalue weighted by molar-refractivity contribution is 0.0563. The molecule has 0 N–H and O–H groups in total. The number of benzene rings is 2. The van der Waals surface area contributed by atoms with Crippen LogP contribution in [-0.4, -0.2) is 35.0 Å². The highest BCUT2D eigenvalue weighted by molar-refractivity contribution is 7.99. The molecule has 0 bridgehead atoms. The van der Waals surface area contributed by atoms with Gasteiger partial charge in [-0.1, -0.05) is 42.1 Å². The van der Waals surface area contributed by atoms with Crippen molar-refractivity contribution >= 4 is 17.7 Å². The van der Waals surface area contributed by atoms with E-state index in [1.807, 2.05) is 49.4 Å². The van der Waals surface area contributed by atoms with Crippen molar-refractivity contribution in [2.45, 2.75) is 30.3 Å². The zero-order valence-electron chi connectivity index (χ0n) is 18.7. The van der Waals surface area contributed by atoms with Gasteiger partial charge in [-0.25, -0.2) is 4.79 Å². The predicted molar refractivity (Wildman–Crippen MR) is 126 cm³/mol. The van der Waals surface area contributed by atoms with E-state index in [2.05, 4.69) is 26.9 Å². The average molecular weight is 464 g/mol. The number of hydrogen-bond acceptors (Lipinski definition) is 7. The molecular weight excluding hydrogens is 438 g/mol. The molecular formula is C25H25N3O4S. The number of rotatable bonds is 9. The molecule has 0 saturated heterocycles. The summed E-state index contributed by atoms with van der Waals surface area (Å²) in [5.74, 6) is 1.94. The van der Waals surface area contributed by atoms with E-state index in [0.717, 1.165) is 35.3 Å². The van der Waals surface area contributed by atoms with Gasteiger partial charge in [0, 0.05) is 12.1 Å². The Labute approximate surface area is 196 Å². The van der Waals surface area contributed by atoms with Gasteiger partial charge >= 0.3 is 5.97 Å². The highest BCUT2D eigenvalue weighted by Gasteiger charge is 2.21. The Morgan fingerprint density at radius 3 is 2.48 bits per heavy atom. The third-order valence-electron chi connectivity index (χ3n) is 5.23. The van der Waals surface area contributed by atoms with E-state index in [1.165, 1.54) is 24.4 Å². The number of aromatic nitrogens is 3. The summed E-state index contributed by atoms with van der Waals surface area (Å²) in [5, 5.41) is 9.68. The minimum absolute atomic E-state index is 0.0770. The average Bonchev–Trinajstić information content (AvgIpc) is 3.51. The van der Waals surface area contributed by atoms with Crippen molar-refractivity contribution in [1.29, 1.82) is 0 Å². The number of carbonyl (C=O) groups is 1. The van der Waals surface area contributed by atoms with Crippen LogP contribution in [0.5, 0.6) is 5.75 Å². The number of methoxy groups -OCH3 is 2. The standard InChI is InChI=1S/C25H25N3O4S/c1-17(21-13-14-22(32-21)24(29)31-3)33-25-27-26-23(19-9-11-20(30-2)12-10-19)28(25)16-15-18-7-5-4-6-8-18/h4-14,17H,15-16H2,1-3H3. The maximum absolute atomic E-state index is 11.7. The van der Waals surface area contributed by atoms with E-state index < -0.39 is 5.97 Å². The van der Waals surface area contributed by atoms with Crippen LogP contribution in [0.1, 0.15) is 34.1 Å². The molecule has 2 aromatic heterocycles. The molecule has 4 rings (SSSR count). The minimum atomic E-state index is -0.494. The fraction of sp³-hybridized carbons (Fsp3) is 0.240. The Bertz CT molecular complexity index is 1200. The van der Waals surface area contributed by atoms with Crippen LogP contribution in [0.4, 0.5) is 0 Å². The molecule has 0 aliphatic carbocycles. The summed E-state index contributed by atoms with van der Waals surface area (Å²) in [5.41, 5.74) is 2.20. The predicted octanol–water partition coefficient (Wildman–Crippen LogP) is 5.43. The number of furan rings is 1. The molecule has 33 heavy (non-hydrogen) atoms. The SMILES string of the molecule is COC(=O)c1ccc(C(C)Sc2nnc(-c3ccc(OC)cc3)n2CCc2ccccc2)o1. The van der Waals surface area contributed by atoms with Gasteiger partial charge in [-0.05, 0) is 55.3 Å². The molecule has 0 fully saturated rings. The highest BCUT2D eigenvalue weighted by atomic mass is 32.2. The number of esters is 1. The summed E-state index contributed by atoms with van der Waals surface area (Å²) in [6, 6.07) is 21.5. The highest BCUT2D eigenvalue weighted by Crippen LogP contribution is 2.36. The van der Waals surface area contributed by atoms with Crippen LogP contribution in [0.3, 0.4) is 0 Å². The molecule has 0 aliphatic rings. The molecule has 2 heterocycles. The summed E-state index contributed by atoms with van der Waals surface area (Å²) in [4.78, 5) is 11.7. The molecule has 7 nitrogen and oxygen atoms in total. The number of hydrogen-bond donors (Lipinski definition) is 0. The van der Waals surface area contributed by atoms with Crippen molar-refractivity contribution in [2.24, 2.45) is 0 Å². The molecule has 1 atom stereocenters. The summed E-state index contributed by atoms with van der Waals surface area (Å²) in [6.45, 7) is 2.73. The third kappa shape index (κ3) is 5.28. The number of ether oxygens (including phenoxy) is 2. The zero-order valence-corrected chi connectivity index (χ0v) is 19.5. The summed E-state index contributed by atoms with van der Waals surface area (Å²) >= 11 is 1.53. The van der Waals surface area contributed by atoms with Gasteiger partial charge < -0.3 is 18.5 Å². The molecule has 8 heteroatoms. The van der Waals surface area contributed by atoms with Crippen molar-refractivity contribution in [1.82, 2.24) is 14.8 Å². The Balaban J connectivity index is 1.61. The van der Waals surface area contributed by atoms with Crippen molar-refractivity contribution in [2.75, 3.05) is 14.2 Å². The molecule has 0 saturated carbocycles. The summed E-state index contributed by atoms with van der Waals surface area (Å²) in [6.07, 6.45) is 0.844. The number of thioether (sulfide) groups is 1. The normalized spacial score (nSPS) is 11.8. The van der Waals surface area contributed by atoms with Crippen molar-refractivity contribution < 1.29 is 18.7 Å². The van der Waals surface area contributed by atoms with Gasteiger partial charge in [0.2, 0.25) is 5.76 Å². The molecule has 170 valence electrons. The maximum Gasteiger partial charge on any atom is 0.373 e. The minimum Gasteiger partial charge on any atom is -0.497 e.